The van der Waals surface area contributed by atoms with Crippen molar-refractivity contribution in [2.24, 2.45) is 0 Å². The van der Waals surface area contributed by atoms with Crippen LogP contribution < -0.4 is 5.32 Å². The largest absolute Gasteiger partial charge is 0.437 e. The Kier molecular flexibility index (Phi) is 5.93. The molecule has 0 atom stereocenters. The summed E-state index contributed by atoms with van der Waals surface area (Å²) in [5, 5.41) is 13.2. The molecule has 124 valence electrons. The lowest BCUT2D eigenvalue weighted by molar-refractivity contribution is -0.117. The van der Waals surface area contributed by atoms with Crippen molar-refractivity contribution < 1.29 is 14.3 Å². The molecule has 0 fully saturated rings. The molecule has 1 amide bonds. The SMILES string of the molecule is CCCC(O)(CCC)CNC(=O)C=Cc1nc2ccccc2o1. The Bertz CT molecular complexity index is 637. The maximum absolute atomic E-state index is 11.9. The van der Waals surface area contributed by atoms with Crippen molar-refractivity contribution in [1.82, 2.24) is 10.3 Å². The van der Waals surface area contributed by atoms with E-state index in [2.05, 4.69) is 10.3 Å². The molecule has 1 aromatic heterocycles. The molecule has 2 rings (SSSR count). The van der Waals surface area contributed by atoms with Crippen molar-refractivity contribution in [3.8, 4) is 0 Å². The van der Waals surface area contributed by atoms with Gasteiger partial charge in [0.05, 0.1) is 5.60 Å². The maximum Gasteiger partial charge on any atom is 0.244 e. The summed E-state index contributed by atoms with van der Waals surface area (Å²) >= 11 is 0. The van der Waals surface area contributed by atoms with Gasteiger partial charge in [-0.1, -0.05) is 38.8 Å². The van der Waals surface area contributed by atoms with Crippen LogP contribution in [0.4, 0.5) is 0 Å². The second kappa shape index (κ2) is 7.92. The van der Waals surface area contributed by atoms with E-state index in [9.17, 15) is 9.90 Å². The topological polar surface area (TPSA) is 75.4 Å². The van der Waals surface area contributed by atoms with E-state index >= 15 is 0 Å². The second-order valence-electron chi connectivity index (χ2n) is 5.80. The molecule has 23 heavy (non-hydrogen) atoms. The quantitative estimate of drug-likeness (QED) is 0.733. The Morgan fingerprint density at radius 2 is 2.00 bits per heavy atom. The number of nitrogens with zero attached hydrogens (tertiary/aromatic N) is 1. The van der Waals surface area contributed by atoms with Crippen LogP contribution in [0.3, 0.4) is 0 Å². The highest BCUT2D eigenvalue weighted by molar-refractivity contribution is 5.91. The Morgan fingerprint density at radius 1 is 1.30 bits per heavy atom. The highest BCUT2D eigenvalue weighted by Crippen LogP contribution is 2.18. The van der Waals surface area contributed by atoms with Crippen molar-refractivity contribution in [2.45, 2.75) is 45.1 Å². The number of fused-ring (bicyclic) bond motifs is 1. The highest BCUT2D eigenvalue weighted by atomic mass is 16.3. The molecule has 0 aliphatic carbocycles. The number of benzene rings is 1. The van der Waals surface area contributed by atoms with Crippen molar-refractivity contribution in [3.05, 3.63) is 36.2 Å². The summed E-state index contributed by atoms with van der Waals surface area (Å²) in [6.07, 6.45) is 6.03. The predicted octanol–water partition coefficient (Wildman–Crippen LogP) is 3.29. The number of carbonyl (C=O) groups is 1. The van der Waals surface area contributed by atoms with Gasteiger partial charge < -0.3 is 14.8 Å². The van der Waals surface area contributed by atoms with Crippen LogP contribution in [0.2, 0.25) is 0 Å². The van der Waals surface area contributed by atoms with E-state index in [0.717, 1.165) is 18.4 Å². The summed E-state index contributed by atoms with van der Waals surface area (Å²) in [4.78, 5) is 16.2. The van der Waals surface area contributed by atoms with Gasteiger partial charge in [-0.05, 0) is 25.0 Å². The van der Waals surface area contributed by atoms with Crippen LogP contribution in [0.25, 0.3) is 17.2 Å². The Labute approximate surface area is 136 Å². The summed E-state index contributed by atoms with van der Waals surface area (Å²) in [6, 6.07) is 7.44. The number of hydrogen-bond acceptors (Lipinski definition) is 4. The molecule has 2 aromatic rings. The first-order valence-electron chi connectivity index (χ1n) is 8.10. The fraction of sp³-hybridized carbons (Fsp3) is 0.444. The third-order valence-electron chi connectivity index (χ3n) is 3.71. The number of amides is 1. The Balaban J connectivity index is 1.93. The molecule has 0 bridgehead atoms. The van der Waals surface area contributed by atoms with E-state index in [4.69, 9.17) is 4.42 Å². The zero-order chi connectivity index (χ0) is 16.7. The average molecular weight is 316 g/mol. The molecular weight excluding hydrogens is 292 g/mol. The number of carbonyl (C=O) groups excluding carboxylic acids is 1. The standard InChI is InChI=1S/C18H24N2O3/c1-3-11-18(22,12-4-2)13-19-16(21)9-10-17-20-14-7-5-6-8-15(14)23-17/h5-10,22H,3-4,11-13H2,1-2H3,(H,19,21). The zero-order valence-corrected chi connectivity index (χ0v) is 13.7. The van der Waals surface area contributed by atoms with Gasteiger partial charge in [0, 0.05) is 18.7 Å². The maximum atomic E-state index is 11.9. The van der Waals surface area contributed by atoms with Gasteiger partial charge in [-0.15, -0.1) is 0 Å². The van der Waals surface area contributed by atoms with Gasteiger partial charge in [0.25, 0.3) is 0 Å². The molecule has 0 unspecified atom stereocenters. The monoisotopic (exact) mass is 316 g/mol. The van der Waals surface area contributed by atoms with E-state index in [0.29, 0.717) is 24.3 Å². The lowest BCUT2D eigenvalue weighted by Gasteiger charge is -2.27. The minimum absolute atomic E-state index is 0.255. The van der Waals surface area contributed by atoms with E-state index in [-0.39, 0.29) is 12.5 Å². The van der Waals surface area contributed by atoms with Crippen LogP contribution in [0.1, 0.15) is 45.4 Å². The first-order chi connectivity index (χ1) is 11.1. The minimum Gasteiger partial charge on any atom is -0.437 e. The third kappa shape index (κ3) is 4.93. The van der Waals surface area contributed by atoms with Crippen LogP contribution in [0.15, 0.2) is 34.8 Å². The summed E-state index contributed by atoms with van der Waals surface area (Å²) in [7, 11) is 0. The van der Waals surface area contributed by atoms with Gasteiger partial charge in [0.15, 0.2) is 5.58 Å². The molecule has 5 heteroatoms. The molecule has 1 heterocycles. The van der Waals surface area contributed by atoms with Crippen molar-refractivity contribution >= 4 is 23.1 Å². The normalized spacial score (nSPS) is 12.1. The lowest BCUT2D eigenvalue weighted by atomic mass is 9.92. The van der Waals surface area contributed by atoms with Crippen LogP contribution >= 0.6 is 0 Å². The molecule has 5 nitrogen and oxygen atoms in total. The first-order valence-corrected chi connectivity index (χ1v) is 8.10. The smallest absolute Gasteiger partial charge is 0.244 e. The minimum atomic E-state index is -0.829. The van der Waals surface area contributed by atoms with Gasteiger partial charge in [0.2, 0.25) is 11.8 Å². The molecule has 0 saturated heterocycles. The number of para-hydroxylation sites is 2. The van der Waals surface area contributed by atoms with E-state index in [1.54, 1.807) is 0 Å². The van der Waals surface area contributed by atoms with Gasteiger partial charge >= 0.3 is 0 Å². The number of hydrogen-bond donors (Lipinski definition) is 2. The number of aromatic nitrogens is 1. The Morgan fingerprint density at radius 3 is 2.65 bits per heavy atom. The van der Waals surface area contributed by atoms with Crippen molar-refractivity contribution in [3.63, 3.8) is 0 Å². The van der Waals surface area contributed by atoms with E-state index in [1.165, 1.54) is 12.2 Å². The second-order valence-corrected chi connectivity index (χ2v) is 5.80. The summed E-state index contributed by atoms with van der Waals surface area (Å²) in [5.74, 6) is 0.122. The van der Waals surface area contributed by atoms with Gasteiger partial charge in [0.1, 0.15) is 5.52 Å². The fourth-order valence-corrected chi connectivity index (χ4v) is 2.65. The third-order valence-corrected chi connectivity index (χ3v) is 3.71. The van der Waals surface area contributed by atoms with E-state index < -0.39 is 5.60 Å². The predicted molar refractivity (Wildman–Crippen MR) is 90.8 cm³/mol. The van der Waals surface area contributed by atoms with Crippen molar-refractivity contribution in [2.75, 3.05) is 6.54 Å². The van der Waals surface area contributed by atoms with Crippen LogP contribution in [-0.2, 0) is 4.79 Å². The number of oxazole rings is 1. The zero-order valence-electron chi connectivity index (χ0n) is 13.7. The average Bonchev–Trinajstić information content (AvgIpc) is 2.94. The van der Waals surface area contributed by atoms with Crippen LogP contribution in [0.5, 0.6) is 0 Å². The molecule has 0 aliphatic heterocycles. The number of rotatable bonds is 8. The Hall–Kier alpha value is -2.14. The van der Waals surface area contributed by atoms with Gasteiger partial charge in [-0.2, -0.15) is 0 Å². The molecule has 1 aromatic carbocycles. The molecule has 2 N–H and O–H groups in total. The number of aliphatic hydroxyl groups is 1. The molecular formula is C18H24N2O3. The first kappa shape index (κ1) is 17.2. The molecule has 0 radical (unpaired) electrons. The molecule has 0 saturated carbocycles. The summed E-state index contributed by atoms with van der Waals surface area (Å²) in [6.45, 7) is 4.30. The summed E-state index contributed by atoms with van der Waals surface area (Å²) in [5.41, 5.74) is 0.616. The van der Waals surface area contributed by atoms with Gasteiger partial charge in [-0.25, -0.2) is 4.98 Å². The highest BCUT2D eigenvalue weighted by Gasteiger charge is 2.24. The van der Waals surface area contributed by atoms with Gasteiger partial charge in [-0.3, -0.25) is 4.79 Å². The number of nitrogens with one attached hydrogen (secondary N) is 1. The van der Waals surface area contributed by atoms with Crippen LogP contribution in [-0.4, -0.2) is 28.1 Å². The van der Waals surface area contributed by atoms with E-state index in [1.807, 2.05) is 38.1 Å². The fourth-order valence-electron chi connectivity index (χ4n) is 2.65. The van der Waals surface area contributed by atoms with Crippen LogP contribution in [0, 0.1) is 0 Å². The lowest BCUT2D eigenvalue weighted by Crippen LogP contribution is -2.42. The molecule has 0 aliphatic rings. The summed E-state index contributed by atoms with van der Waals surface area (Å²) < 4.78 is 5.51. The molecule has 0 spiro atoms. The van der Waals surface area contributed by atoms with Crippen molar-refractivity contribution in [1.29, 1.82) is 0 Å².